The molecule has 0 N–H and O–H groups in total. The second-order valence-corrected chi connectivity index (χ2v) is 7.30. The molecule has 0 aromatic carbocycles. The van der Waals surface area contributed by atoms with Crippen molar-refractivity contribution in [2.45, 2.75) is 12.2 Å². The van der Waals surface area contributed by atoms with Gasteiger partial charge in [-0.2, -0.15) is 23.1 Å². The Morgan fingerprint density at radius 3 is 2.54 bits per heavy atom. The summed E-state index contributed by atoms with van der Waals surface area (Å²) in [6.07, 6.45) is 2.78. The maximum Gasteiger partial charge on any atom is 0.289 e. The van der Waals surface area contributed by atoms with Crippen LogP contribution in [0.3, 0.4) is 0 Å². The highest BCUT2D eigenvalue weighted by atomic mass is 32.2. The highest BCUT2D eigenvalue weighted by Crippen LogP contribution is 2.17. The van der Waals surface area contributed by atoms with E-state index in [0.717, 1.165) is 23.5 Å². The summed E-state index contributed by atoms with van der Waals surface area (Å²) in [6.45, 7) is 2.41. The molecule has 0 unspecified atom stereocenters. The molecule has 3 rings (SSSR count). The second kappa shape index (κ2) is 7.90. The van der Waals surface area contributed by atoms with Crippen LogP contribution in [0.2, 0.25) is 0 Å². The summed E-state index contributed by atoms with van der Waals surface area (Å²) in [5.41, 5.74) is 0.729. The summed E-state index contributed by atoms with van der Waals surface area (Å²) in [5, 5.41) is 3.77. The van der Waals surface area contributed by atoms with Crippen molar-refractivity contribution >= 4 is 34.9 Å². The van der Waals surface area contributed by atoms with E-state index < -0.39 is 0 Å². The number of carbonyl (C=O) groups excluding carboxylic acids is 2. The van der Waals surface area contributed by atoms with Gasteiger partial charge in [0.2, 0.25) is 0 Å². The third-order valence-corrected chi connectivity index (χ3v) is 5.25. The number of hydrogen-bond acceptors (Lipinski definition) is 5. The van der Waals surface area contributed by atoms with E-state index in [2.05, 4.69) is 0 Å². The predicted molar refractivity (Wildman–Crippen MR) is 96.7 cm³/mol. The lowest BCUT2D eigenvalue weighted by Gasteiger charge is -2.21. The largest absolute Gasteiger partial charge is 0.455 e. The fourth-order valence-corrected chi connectivity index (χ4v) is 3.83. The molecular formula is C17H20N2O3S2. The average Bonchev–Trinajstić information content (AvgIpc) is 3.21. The number of rotatable bonds is 4. The van der Waals surface area contributed by atoms with Gasteiger partial charge < -0.3 is 14.2 Å². The molecule has 2 aromatic heterocycles. The van der Waals surface area contributed by atoms with Crippen molar-refractivity contribution < 1.29 is 14.0 Å². The Kier molecular flexibility index (Phi) is 5.63. The maximum absolute atomic E-state index is 12.6. The van der Waals surface area contributed by atoms with Crippen LogP contribution >= 0.6 is 23.1 Å². The Morgan fingerprint density at radius 1 is 1.12 bits per heavy atom. The first-order valence-electron chi connectivity index (χ1n) is 7.87. The molecule has 0 bridgehead atoms. The van der Waals surface area contributed by atoms with Crippen LogP contribution in [0.1, 0.15) is 33.1 Å². The van der Waals surface area contributed by atoms with E-state index in [1.54, 1.807) is 22.7 Å². The molecule has 1 aliphatic rings. The van der Waals surface area contributed by atoms with Crippen molar-refractivity contribution in [3.8, 4) is 0 Å². The smallest absolute Gasteiger partial charge is 0.289 e. The molecule has 1 fully saturated rings. The first-order chi connectivity index (χ1) is 11.7. The maximum atomic E-state index is 12.6. The Bertz CT molecular complexity index is 697. The van der Waals surface area contributed by atoms with Gasteiger partial charge in [0.1, 0.15) is 5.76 Å². The topological polar surface area (TPSA) is 53.8 Å². The van der Waals surface area contributed by atoms with Crippen molar-refractivity contribution in [1.29, 1.82) is 0 Å². The van der Waals surface area contributed by atoms with Crippen molar-refractivity contribution in [3.63, 3.8) is 0 Å². The van der Waals surface area contributed by atoms with Crippen LogP contribution in [0.5, 0.6) is 0 Å². The lowest BCUT2D eigenvalue weighted by atomic mass is 10.3. The normalized spacial score (nSPS) is 15.4. The molecule has 2 aromatic rings. The highest BCUT2D eigenvalue weighted by Gasteiger charge is 2.25. The first kappa shape index (κ1) is 17.1. The van der Waals surface area contributed by atoms with E-state index in [9.17, 15) is 9.59 Å². The third-order valence-electron chi connectivity index (χ3n) is 4.00. The van der Waals surface area contributed by atoms with E-state index in [1.165, 1.54) is 11.3 Å². The Balaban J connectivity index is 1.62. The number of nitrogens with zero attached hydrogens (tertiary/aromatic N) is 2. The van der Waals surface area contributed by atoms with Crippen LogP contribution in [0.25, 0.3) is 0 Å². The summed E-state index contributed by atoms with van der Waals surface area (Å²) in [5.74, 6) is 1.92. The number of thiophene rings is 1. The molecule has 5 nitrogen and oxygen atoms in total. The summed E-state index contributed by atoms with van der Waals surface area (Å²) < 4.78 is 5.62. The lowest BCUT2D eigenvalue weighted by molar-refractivity contribution is 0.0699. The SMILES string of the molecule is CSCc1ccc(C(=O)N2CCCN(C(=O)c3ccsc3)CC2)o1. The molecule has 7 heteroatoms. The van der Waals surface area contributed by atoms with E-state index in [-0.39, 0.29) is 11.8 Å². The minimum Gasteiger partial charge on any atom is -0.455 e. The van der Waals surface area contributed by atoms with Crippen molar-refractivity contribution in [3.05, 3.63) is 46.0 Å². The number of amides is 2. The zero-order valence-electron chi connectivity index (χ0n) is 13.6. The van der Waals surface area contributed by atoms with Crippen LogP contribution in [-0.2, 0) is 5.75 Å². The first-order valence-corrected chi connectivity index (χ1v) is 10.2. The lowest BCUT2D eigenvalue weighted by Crippen LogP contribution is -2.37. The molecule has 0 atom stereocenters. The molecule has 2 amide bonds. The Hall–Kier alpha value is -1.73. The van der Waals surface area contributed by atoms with Crippen LogP contribution in [0.15, 0.2) is 33.4 Å². The molecule has 0 spiro atoms. The van der Waals surface area contributed by atoms with Gasteiger partial charge in [-0.25, -0.2) is 0 Å². The van der Waals surface area contributed by atoms with Gasteiger partial charge in [0.05, 0.1) is 11.3 Å². The van der Waals surface area contributed by atoms with Gasteiger partial charge >= 0.3 is 0 Å². The fourth-order valence-electron chi connectivity index (χ4n) is 2.76. The zero-order chi connectivity index (χ0) is 16.9. The van der Waals surface area contributed by atoms with Crippen molar-refractivity contribution in [1.82, 2.24) is 9.80 Å². The monoisotopic (exact) mass is 364 g/mol. The zero-order valence-corrected chi connectivity index (χ0v) is 15.2. The van der Waals surface area contributed by atoms with E-state index >= 15 is 0 Å². The fraction of sp³-hybridized carbons (Fsp3) is 0.412. The molecule has 3 heterocycles. The molecule has 0 radical (unpaired) electrons. The molecule has 24 heavy (non-hydrogen) atoms. The summed E-state index contributed by atoms with van der Waals surface area (Å²) >= 11 is 3.18. The molecule has 1 aliphatic heterocycles. The summed E-state index contributed by atoms with van der Waals surface area (Å²) in [7, 11) is 0. The molecule has 128 valence electrons. The minimum atomic E-state index is -0.0906. The van der Waals surface area contributed by atoms with E-state index in [1.807, 2.05) is 34.0 Å². The Morgan fingerprint density at radius 2 is 1.88 bits per heavy atom. The number of carbonyl (C=O) groups is 2. The minimum absolute atomic E-state index is 0.0470. The van der Waals surface area contributed by atoms with Gasteiger partial charge in [-0.15, -0.1) is 0 Å². The van der Waals surface area contributed by atoms with Crippen LogP contribution in [0.4, 0.5) is 0 Å². The van der Waals surface area contributed by atoms with Crippen LogP contribution in [-0.4, -0.2) is 54.0 Å². The van der Waals surface area contributed by atoms with Gasteiger partial charge in [-0.05, 0) is 36.3 Å². The summed E-state index contributed by atoms with van der Waals surface area (Å²) in [6, 6.07) is 5.44. The number of furan rings is 1. The Labute approximate surface area is 149 Å². The van der Waals surface area contributed by atoms with Gasteiger partial charge in [-0.3, -0.25) is 9.59 Å². The van der Waals surface area contributed by atoms with Gasteiger partial charge in [-0.1, -0.05) is 0 Å². The quantitative estimate of drug-likeness (QED) is 0.836. The number of thioether (sulfide) groups is 1. The standard InChI is InChI=1S/C17H20N2O3S2/c1-23-12-14-3-4-15(22-14)17(21)19-7-2-6-18(8-9-19)16(20)13-5-10-24-11-13/h3-5,10-11H,2,6-9,12H2,1H3. The summed E-state index contributed by atoms with van der Waals surface area (Å²) in [4.78, 5) is 28.7. The van der Waals surface area contributed by atoms with Gasteiger partial charge in [0.25, 0.3) is 11.8 Å². The molecule has 0 saturated carbocycles. The van der Waals surface area contributed by atoms with E-state index in [0.29, 0.717) is 31.9 Å². The van der Waals surface area contributed by atoms with Gasteiger partial charge in [0, 0.05) is 31.6 Å². The molecular weight excluding hydrogens is 344 g/mol. The van der Waals surface area contributed by atoms with E-state index in [4.69, 9.17) is 4.42 Å². The third kappa shape index (κ3) is 3.84. The highest BCUT2D eigenvalue weighted by molar-refractivity contribution is 7.97. The van der Waals surface area contributed by atoms with Crippen LogP contribution in [0, 0.1) is 0 Å². The predicted octanol–water partition coefficient (Wildman–Crippen LogP) is 3.19. The number of hydrogen-bond donors (Lipinski definition) is 0. The van der Waals surface area contributed by atoms with Crippen molar-refractivity contribution in [2.75, 3.05) is 32.4 Å². The molecule has 1 saturated heterocycles. The average molecular weight is 364 g/mol. The molecule has 0 aliphatic carbocycles. The second-order valence-electron chi connectivity index (χ2n) is 5.65. The van der Waals surface area contributed by atoms with Crippen LogP contribution < -0.4 is 0 Å². The van der Waals surface area contributed by atoms with Gasteiger partial charge in [0.15, 0.2) is 5.76 Å². The van der Waals surface area contributed by atoms with Crippen molar-refractivity contribution in [2.24, 2.45) is 0 Å².